The van der Waals surface area contributed by atoms with Gasteiger partial charge in [-0.1, -0.05) is 12.2 Å². The Morgan fingerprint density at radius 3 is 0.693 bits per heavy atom. The predicted octanol–water partition coefficient (Wildman–Crippen LogP) is -5.16. The van der Waals surface area contributed by atoms with Crippen LogP contribution in [0.4, 0.5) is 0 Å². The van der Waals surface area contributed by atoms with Crippen molar-refractivity contribution in [2.24, 2.45) is 201 Å². The van der Waals surface area contributed by atoms with Gasteiger partial charge in [0.05, 0.1) is 160 Å². The molecule has 42 heteroatoms. The standard InChI is InChI=1S/C12H10O6.C12H8O6.C11H8O6.2C10H8O6.C9H6O6.C8H4O6/c13-6-2-4-3-1-5(7(4)10(14)17-6)9-8(3)11(15)18-12(9)16;13-9-5-3-1-2-4(7(5)11(15)17-9)8-6(3)10(14)18-12(8)16;12-8-4-2-1-3(6(4)10(14)16-8)7-5(2)9(13)17-11(7)15;11-6-2-3-4-1-5(7(3)10(14)15-6)9(13)16-8(4)12;11-7-3-1-4-6(10(14)16-8(4)12)2-5(3)9(13)15-7;10-6-2-1-3-5(4(2)8(12)14-6)9(13)15-7(3)11;9-5-1-2(6(10)13-5)4-3(1)7(11)14-8(4)12/h3-5,7-9H,1-2H2;1-8H;2-7H,1H2;3-5,7H,1-2H2;3-6H,1-2H2;2-5H,1H2;1-4H. The number of hydrogen-bond donors (Lipinski definition) is 0. The van der Waals surface area contributed by atoms with Gasteiger partial charge in [0.2, 0.25) is 0 Å². The van der Waals surface area contributed by atoms with E-state index < -0.39 is 339 Å². The number of esters is 28. The Labute approximate surface area is 630 Å². The Morgan fingerprint density at radius 2 is 0.351 bits per heavy atom. The lowest BCUT2D eigenvalue weighted by atomic mass is 9.54. The summed E-state index contributed by atoms with van der Waals surface area (Å²) in [4.78, 5) is 319. The van der Waals surface area contributed by atoms with Gasteiger partial charge in [0.25, 0.3) is 0 Å². The van der Waals surface area contributed by atoms with Crippen LogP contribution in [0.2, 0.25) is 0 Å². The third kappa shape index (κ3) is 10.5. The quantitative estimate of drug-likeness (QED) is 0.0947. The molecule has 0 radical (unpaired) electrons. The summed E-state index contributed by atoms with van der Waals surface area (Å²) in [5, 5.41) is 0. The smallest absolute Gasteiger partial charge is 0.318 e. The molecule has 114 heavy (non-hydrogen) atoms. The molecule has 26 atom stereocenters. The van der Waals surface area contributed by atoms with E-state index in [1.807, 2.05) is 0 Å². The van der Waals surface area contributed by atoms with Gasteiger partial charge in [-0.2, -0.15) is 0 Å². The lowest BCUT2D eigenvalue weighted by molar-refractivity contribution is -0.175. The van der Waals surface area contributed by atoms with Crippen LogP contribution in [0.3, 0.4) is 0 Å². The van der Waals surface area contributed by atoms with Crippen LogP contribution < -0.4 is 0 Å². The number of carbonyl (C=O) groups is 28. The van der Waals surface area contributed by atoms with Gasteiger partial charge in [0.1, 0.15) is 0 Å². The first kappa shape index (κ1) is 73.2. The topological polar surface area (TPSA) is 607 Å². The molecule has 0 spiro atoms. The average Bonchev–Trinajstić information content (AvgIpc) is 1.55. The molecule has 9 saturated carbocycles. The molecule has 0 amide bonds. The largest absolute Gasteiger partial charge is 0.393 e. The van der Waals surface area contributed by atoms with E-state index in [2.05, 4.69) is 66.3 Å². The highest BCUT2D eigenvalue weighted by atomic mass is 16.6. The zero-order valence-corrected chi connectivity index (χ0v) is 57.6. The van der Waals surface area contributed by atoms with Crippen molar-refractivity contribution in [2.45, 2.75) is 51.4 Å². The van der Waals surface area contributed by atoms with Crippen LogP contribution in [0, 0.1) is 201 Å². The second-order valence-corrected chi connectivity index (χ2v) is 32.1. The highest BCUT2D eigenvalue weighted by Gasteiger charge is 2.76. The lowest BCUT2D eigenvalue weighted by Gasteiger charge is -2.42. The van der Waals surface area contributed by atoms with E-state index in [9.17, 15) is 134 Å². The summed E-state index contributed by atoms with van der Waals surface area (Å²) in [5.41, 5.74) is 0. The lowest BCUT2D eigenvalue weighted by Crippen LogP contribution is -2.50. The molecule has 23 fully saturated rings. The molecule has 14 heterocycles. The van der Waals surface area contributed by atoms with Gasteiger partial charge in [-0.05, 0) is 74.0 Å². The maximum Gasteiger partial charge on any atom is 0.318 e. The van der Waals surface area contributed by atoms with Crippen LogP contribution in [-0.2, 0) is 201 Å². The summed E-state index contributed by atoms with van der Waals surface area (Å²) in [6, 6.07) is 0. The van der Waals surface area contributed by atoms with E-state index in [0.717, 1.165) is 0 Å². The van der Waals surface area contributed by atoms with E-state index >= 15 is 0 Å². The van der Waals surface area contributed by atoms with Crippen LogP contribution in [0.5, 0.6) is 0 Å². The number of hydrogen-bond acceptors (Lipinski definition) is 42. The fraction of sp³-hybridized carbons (Fsp3) is 0.583. The van der Waals surface area contributed by atoms with Gasteiger partial charge < -0.3 is 66.3 Å². The third-order valence-electron chi connectivity index (χ3n) is 27.7. The molecule has 14 saturated heterocycles. The molecule has 592 valence electrons. The SMILES string of the molecule is O=C1CC2C3CC(C(=O)OC3=O)C2C(=O)O1.O=C1CC2C3CC(C2C(=O)O1)C1C(=O)OC(=O)C31.O=C1OC(=O)C2C1C1C(=O)OC(=O)C21.O=C1OC(=O)C2C1CC1C(=O)OC(=O)C12.O=C1OC(=O)C2C3C=CC(C12)C1C(=O)OC(=O)C31.O=C1OC(=O)C2C3CC(C12)C1C(=O)OC(=O)C31.O=C1OC(=O)C2CC3C(=O)OC(=O)C3CC12. The summed E-state index contributed by atoms with van der Waals surface area (Å²) >= 11 is 0. The van der Waals surface area contributed by atoms with Crippen molar-refractivity contribution in [3.8, 4) is 0 Å². The molecule has 0 aromatic carbocycles. The van der Waals surface area contributed by atoms with Gasteiger partial charge in [-0.25, -0.2) is 0 Å². The molecule has 0 N–H and O–H groups in total. The second-order valence-electron chi connectivity index (χ2n) is 32.1. The summed E-state index contributed by atoms with van der Waals surface area (Å²) in [6.45, 7) is 0. The maximum absolute atomic E-state index is 11.8. The summed E-state index contributed by atoms with van der Waals surface area (Å²) in [7, 11) is 0. The minimum absolute atomic E-state index is 0.0138. The zero-order chi connectivity index (χ0) is 80.8. The zero-order valence-electron chi connectivity index (χ0n) is 57.6. The number of cyclic esters (lactones) is 28. The van der Waals surface area contributed by atoms with Gasteiger partial charge in [0, 0.05) is 18.3 Å². The average molecular weight is 1590 g/mol. The molecule has 14 aliphatic heterocycles. The Balaban J connectivity index is 0.0000000926. The Kier molecular flexibility index (Phi) is 16.4. The van der Waals surface area contributed by atoms with Gasteiger partial charge >= 0.3 is 167 Å². The van der Waals surface area contributed by atoms with Crippen LogP contribution >= 0.6 is 0 Å². The number of rotatable bonds is 0. The molecule has 0 aromatic heterocycles. The Morgan fingerprint density at radius 1 is 0.149 bits per heavy atom. The fourth-order valence-corrected chi connectivity index (χ4v) is 23.2. The molecular formula is C72H52O42. The van der Waals surface area contributed by atoms with Crippen molar-refractivity contribution in [3.05, 3.63) is 12.2 Å². The van der Waals surface area contributed by atoms with Gasteiger partial charge in [-0.3, -0.25) is 134 Å². The predicted molar refractivity (Wildman–Crippen MR) is 320 cm³/mol. The highest BCUT2D eigenvalue weighted by Crippen LogP contribution is 2.66. The number of fused-ring (bicyclic) bond motifs is 30. The minimum Gasteiger partial charge on any atom is -0.393 e. The van der Waals surface area contributed by atoms with Crippen LogP contribution in [-0.4, -0.2) is 167 Å². The Bertz CT molecular complexity index is 4500. The van der Waals surface area contributed by atoms with Crippen LogP contribution in [0.25, 0.3) is 0 Å². The first-order chi connectivity index (χ1) is 54.1. The molecule has 26 unspecified atom stereocenters. The molecular weight excluding hydrogens is 1540 g/mol. The van der Waals surface area contributed by atoms with Crippen molar-refractivity contribution in [1.29, 1.82) is 0 Å². The molecule has 25 aliphatic rings. The number of carbonyl (C=O) groups excluding carboxylic acids is 28. The Hall–Kier alpha value is -12.3. The van der Waals surface area contributed by atoms with Crippen LogP contribution in [0.15, 0.2) is 12.2 Å². The second kappa shape index (κ2) is 25.6. The van der Waals surface area contributed by atoms with Crippen molar-refractivity contribution in [1.82, 2.24) is 0 Å². The van der Waals surface area contributed by atoms with Gasteiger partial charge in [0.15, 0.2) is 0 Å². The summed E-state index contributed by atoms with van der Waals surface area (Å²) < 4.78 is 63.4. The van der Waals surface area contributed by atoms with E-state index in [4.69, 9.17) is 0 Å². The van der Waals surface area contributed by atoms with E-state index in [-0.39, 0.29) is 61.7 Å². The molecule has 11 aliphatic carbocycles. The van der Waals surface area contributed by atoms with E-state index in [1.54, 1.807) is 12.2 Å². The van der Waals surface area contributed by atoms with E-state index in [1.165, 1.54) is 0 Å². The molecule has 25 rings (SSSR count). The number of ether oxygens (including phenoxy) is 14. The molecule has 42 nitrogen and oxygen atoms in total. The summed E-state index contributed by atoms with van der Waals surface area (Å²) in [5.74, 6) is -35.4. The first-order valence-corrected chi connectivity index (χ1v) is 36.4. The highest BCUT2D eigenvalue weighted by molar-refractivity contribution is 6.12. The van der Waals surface area contributed by atoms with Crippen molar-refractivity contribution < 1.29 is 201 Å². The van der Waals surface area contributed by atoms with Crippen molar-refractivity contribution in [2.75, 3.05) is 0 Å². The monoisotopic (exact) mass is 1590 g/mol. The molecule has 8 bridgehead atoms. The third-order valence-corrected chi connectivity index (χ3v) is 27.7. The van der Waals surface area contributed by atoms with Crippen molar-refractivity contribution >= 4 is 167 Å². The van der Waals surface area contributed by atoms with E-state index in [0.29, 0.717) is 19.3 Å². The van der Waals surface area contributed by atoms with Crippen LogP contribution in [0.1, 0.15) is 51.4 Å². The van der Waals surface area contributed by atoms with Gasteiger partial charge in [-0.15, -0.1) is 0 Å². The molecule has 0 aromatic rings. The normalized spacial score (nSPS) is 45.5. The first-order valence-electron chi connectivity index (χ1n) is 36.4. The fourth-order valence-electron chi connectivity index (χ4n) is 23.2. The summed E-state index contributed by atoms with van der Waals surface area (Å²) in [6.07, 6.45) is 5.75. The maximum atomic E-state index is 11.8. The number of allylic oxidation sites excluding steroid dienone is 2. The minimum atomic E-state index is -0.804. The van der Waals surface area contributed by atoms with Crippen molar-refractivity contribution in [3.63, 3.8) is 0 Å².